The third-order valence-corrected chi connectivity index (χ3v) is 5.25. The molecule has 2 aromatic carbocycles. The number of imidazole rings is 1. The highest BCUT2D eigenvalue weighted by Crippen LogP contribution is 2.43. The van der Waals surface area contributed by atoms with Crippen LogP contribution >= 0.6 is 11.6 Å². The third-order valence-electron chi connectivity index (χ3n) is 5.00. The van der Waals surface area contributed by atoms with Gasteiger partial charge in [0.2, 0.25) is 0 Å². The number of aromatic nitrogens is 2. The van der Waals surface area contributed by atoms with Crippen LogP contribution in [-0.4, -0.2) is 22.9 Å². The predicted molar refractivity (Wildman–Crippen MR) is 112 cm³/mol. The van der Waals surface area contributed by atoms with Crippen molar-refractivity contribution >= 4 is 34.6 Å². The lowest BCUT2D eigenvalue weighted by molar-refractivity contribution is 0.0989. The van der Waals surface area contributed by atoms with Crippen LogP contribution in [0.5, 0.6) is 0 Å². The normalized spacial score (nSPS) is 15.8. The second-order valence-corrected chi connectivity index (χ2v) is 7.46. The van der Waals surface area contributed by atoms with Gasteiger partial charge in [-0.2, -0.15) is 0 Å². The summed E-state index contributed by atoms with van der Waals surface area (Å²) in [5.74, 6) is 6.48. The standard InChI is InChI=1S/C20H21ClN6O/c1-10-8-14(9-15(16(10)22)26(3)23)27-19(12-4-6-13(21)7-5-12)17-18(20(27)28)25-11(2)24-17/h4-9,19H,22-23H2,1-3H3,(H,24,25). The quantitative estimate of drug-likeness (QED) is 0.358. The van der Waals surface area contributed by atoms with Crippen molar-refractivity contribution in [3.05, 3.63) is 69.8 Å². The number of nitrogens with one attached hydrogen (secondary N) is 1. The van der Waals surface area contributed by atoms with E-state index in [2.05, 4.69) is 9.97 Å². The van der Waals surface area contributed by atoms with Gasteiger partial charge in [-0.05, 0) is 49.2 Å². The van der Waals surface area contributed by atoms with Crippen molar-refractivity contribution in [3.8, 4) is 0 Å². The molecule has 0 aliphatic carbocycles. The van der Waals surface area contributed by atoms with Crippen LogP contribution in [-0.2, 0) is 0 Å². The number of hydrogen-bond acceptors (Lipinski definition) is 5. The summed E-state index contributed by atoms with van der Waals surface area (Å²) in [6.07, 6.45) is 0. The van der Waals surface area contributed by atoms with Gasteiger partial charge >= 0.3 is 0 Å². The van der Waals surface area contributed by atoms with Gasteiger partial charge in [-0.25, -0.2) is 10.8 Å². The Hall–Kier alpha value is -3.03. The molecule has 144 valence electrons. The van der Waals surface area contributed by atoms with Crippen molar-refractivity contribution in [1.29, 1.82) is 0 Å². The number of amides is 1. The van der Waals surface area contributed by atoms with Crippen molar-refractivity contribution in [2.24, 2.45) is 5.84 Å². The van der Waals surface area contributed by atoms with Crippen LogP contribution in [0.2, 0.25) is 5.02 Å². The Kier molecular flexibility index (Phi) is 4.28. The number of benzene rings is 2. The van der Waals surface area contributed by atoms with Gasteiger partial charge in [-0.3, -0.25) is 9.69 Å². The first kappa shape index (κ1) is 18.3. The molecule has 7 nitrogen and oxygen atoms in total. The number of hydrazine groups is 1. The fraction of sp³-hybridized carbons (Fsp3) is 0.200. The zero-order valence-corrected chi connectivity index (χ0v) is 16.6. The largest absolute Gasteiger partial charge is 0.397 e. The van der Waals surface area contributed by atoms with E-state index in [1.165, 1.54) is 5.01 Å². The first-order chi connectivity index (χ1) is 13.3. The molecule has 1 amide bonds. The van der Waals surface area contributed by atoms with E-state index in [0.29, 0.717) is 33.6 Å². The summed E-state index contributed by atoms with van der Waals surface area (Å²) in [6, 6.07) is 10.8. The van der Waals surface area contributed by atoms with E-state index in [4.69, 9.17) is 23.2 Å². The Morgan fingerprint density at radius 2 is 1.89 bits per heavy atom. The van der Waals surface area contributed by atoms with Gasteiger partial charge in [0.25, 0.3) is 5.91 Å². The lowest BCUT2D eigenvalue weighted by atomic mass is 10.0. The molecule has 2 heterocycles. The van der Waals surface area contributed by atoms with E-state index in [1.807, 2.05) is 50.2 Å². The molecular formula is C20H21ClN6O. The van der Waals surface area contributed by atoms with Gasteiger partial charge in [-0.1, -0.05) is 23.7 Å². The average Bonchev–Trinajstić information content (AvgIpc) is 3.14. The molecule has 0 saturated heterocycles. The summed E-state index contributed by atoms with van der Waals surface area (Å²) in [5.41, 5.74) is 11.1. The second-order valence-electron chi connectivity index (χ2n) is 7.02. The number of carbonyl (C=O) groups is 1. The highest BCUT2D eigenvalue weighted by atomic mass is 35.5. The number of H-pyrrole nitrogens is 1. The van der Waals surface area contributed by atoms with E-state index in [0.717, 1.165) is 16.8 Å². The molecule has 0 saturated carbocycles. The Morgan fingerprint density at radius 3 is 2.54 bits per heavy atom. The Balaban J connectivity index is 1.91. The molecule has 4 rings (SSSR count). The van der Waals surface area contributed by atoms with Gasteiger partial charge < -0.3 is 15.7 Å². The van der Waals surface area contributed by atoms with Crippen LogP contribution in [0.3, 0.4) is 0 Å². The van der Waals surface area contributed by atoms with Crippen LogP contribution in [0.4, 0.5) is 17.1 Å². The number of halogens is 1. The number of fused-ring (bicyclic) bond motifs is 1. The van der Waals surface area contributed by atoms with E-state index in [9.17, 15) is 4.79 Å². The molecule has 1 aliphatic heterocycles. The second kappa shape index (κ2) is 6.54. The highest BCUT2D eigenvalue weighted by Gasteiger charge is 2.42. The van der Waals surface area contributed by atoms with Crippen molar-refractivity contribution in [1.82, 2.24) is 9.97 Å². The van der Waals surface area contributed by atoms with Crippen LogP contribution < -0.4 is 21.5 Å². The molecule has 1 atom stereocenters. The number of anilines is 3. The molecule has 28 heavy (non-hydrogen) atoms. The number of aromatic amines is 1. The predicted octanol–water partition coefficient (Wildman–Crippen LogP) is 3.32. The zero-order chi connectivity index (χ0) is 20.2. The smallest absolute Gasteiger partial charge is 0.279 e. The van der Waals surface area contributed by atoms with E-state index in [1.54, 1.807) is 11.9 Å². The van der Waals surface area contributed by atoms with Crippen LogP contribution in [0.15, 0.2) is 36.4 Å². The monoisotopic (exact) mass is 396 g/mol. The molecular weight excluding hydrogens is 376 g/mol. The minimum absolute atomic E-state index is 0.172. The van der Waals surface area contributed by atoms with Gasteiger partial charge in [-0.15, -0.1) is 0 Å². The van der Waals surface area contributed by atoms with E-state index in [-0.39, 0.29) is 11.9 Å². The summed E-state index contributed by atoms with van der Waals surface area (Å²) in [7, 11) is 1.71. The summed E-state index contributed by atoms with van der Waals surface area (Å²) in [6.45, 7) is 3.73. The maximum absolute atomic E-state index is 13.3. The summed E-state index contributed by atoms with van der Waals surface area (Å²) < 4.78 is 0. The summed E-state index contributed by atoms with van der Waals surface area (Å²) >= 11 is 6.06. The van der Waals surface area contributed by atoms with Gasteiger partial charge in [0, 0.05) is 17.8 Å². The number of rotatable bonds is 3. The average molecular weight is 397 g/mol. The lowest BCUT2D eigenvalue weighted by Crippen LogP contribution is -2.31. The number of hydrogen-bond donors (Lipinski definition) is 3. The highest BCUT2D eigenvalue weighted by molar-refractivity contribution is 6.30. The van der Waals surface area contributed by atoms with Gasteiger partial charge in [0.1, 0.15) is 11.9 Å². The number of nitrogens with two attached hydrogens (primary N) is 2. The van der Waals surface area contributed by atoms with Crippen molar-refractivity contribution in [2.75, 3.05) is 22.7 Å². The van der Waals surface area contributed by atoms with Crippen LogP contribution in [0.25, 0.3) is 0 Å². The summed E-state index contributed by atoms with van der Waals surface area (Å²) in [5, 5.41) is 2.08. The number of aryl methyl sites for hydroxylation is 2. The minimum atomic E-state index is -0.347. The topological polar surface area (TPSA) is 104 Å². The molecule has 1 aliphatic rings. The van der Waals surface area contributed by atoms with Gasteiger partial charge in [0.05, 0.1) is 17.1 Å². The molecule has 5 N–H and O–H groups in total. The molecule has 3 aromatic rings. The van der Waals surface area contributed by atoms with Crippen molar-refractivity contribution in [3.63, 3.8) is 0 Å². The minimum Gasteiger partial charge on any atom is -0.397 e. The maximum Gasteiger partial charge on any atom is 0.279 e. The lowest BCUT2D eigenvalue weighted by Gasteiger charge is -2.28. The Labute approximate surface area is 167 Å². The van der Waals surface area contributed by atoms with Crippen molar-refractivity contribution in [2.45, 2.75) is 19.9 Å². The summed E-state index contributed by atoms with van der Waals surface area (Å²) in [4.78, 5) is 22.7. The first-order valence-electron chi connectivity index (χ1n) is 8.82. The zero-order valence-electron chi connectivity index (χ0n) is 15.8. The van der Waals surface area contributed by atoms with E-state index >= 15 is 0 Å². The molecule has 0 radical (unpaired) electrons. The van der Waals surface area contributed by atoms with Crippen molar-refractivity contribution < 1.29 is 4.79 Å². The van der Waals surface area contributed by atoms with Gasteiger partial charge in [0.15, 0.2) is 5.69 Å². The number of carbonyl (C=O) groups excluding carboxylic acids is 1. The molecule has 0 bridgehead atoms. The first-order valence-corrected chi connectivity index (χ1v) is 9.19. The van der Waals surface area contributed by atoms with Crippen LogP contribution in [0.1, 0.15) is 39.2 Å². The maximum atomic E-state index is 13.3. The number of nitrogens with zero attached hydrogens (tertiary/aromatic N) is 3. The molecule has 8 heteroatoms. The molecule has 0 fully saturated rings. The SMILES string of the molecule is Cc1nc2c([nH]1)C(c1ccc(Cl)cc1)N(c1cc(C)c(N)c(N(C)N)c1)C2=O. The fourth-order valence-electron chi connectivity index (χ4n) is 3.65. The van der Waals surface area contributed by atoms with Crippen LogP contribution in [0, 0.1) is 13.8 Å². The number of nitrogen functional groups attached to an aromatic ring is 1. The Bertz CT molecular complexity index is 1070. The molecule has 1 aromatic heterocycles. The Morgan fingerprint density at radius 1 is 1.21 bits per heavy atom. The molecule has 1 unspecified atom stereocenters. The fourth-order valence-corrected chi connectivity index (χ4v) is 3.78. The third kappa shape index (κ3) is 2.80. The molecule has 0 spiro atoms. The van der Waals surface area contributed by atoms with E-state index < -0.39 is 0 Å².